The minimum atomic E-state index is -1.19. The van der Waals surface area contributed by atoms with Crippen LogP contribution in [-0.4, -0.2) is 22.2 Å². The Labute approximate surface area is 113 Å². The number of rotatable bonds is 7. The first-order valence-electron chi connectivity index (χ1n) is 6.55. The van der Waals surface area contributed by atoms with Gasteiger partial charge in [-0.25, -0.2) is 9.59 Å². The number of carboxylic acids is 2. The van der Waals surface area contributed by atoms with Crippen molar-refractivity contribution in [3.05, 3.63) is 34.9 Å². The number of carboxylic acid groups (broad SMARTS) is 2. The zero-order valence-electron chi connectivity index (χ0n) is 11.3. The molecule has 1 aromatic rings. The fraction of sp³-hybridized carbons (Fsp3) is 0.467. The summed E-state index contributed by atoms with van der Waals surface area (Å²) < 4.78 is 0. The summed E-state index contributed by atoms with van der Waals surface area (Å²) >= 11 is 0. The van der Waals surface area contributed by atoms with Crippen LogP contribution in [-0.2, 0) is 6.42 Å². The molecule has 4 heteroatoms. The Morgan fingerprint density at radius 1 is 1.21 bits per heavy atom. The molecule has 0 aliphatic heterocycles. The minimum Gasteiger partial charge on any atom is -0.478 e. The first kappa shape index (κ1) is 15.2. The molecule has 1 unspecified atom stereocenters. The van der Waals surface area contributed by atoms with E-state index in [-0.39, 0.29) is 11.1 Å². The first-order valence-corrected chi connectivity index (χ1v) is 6.55. The molecule has 104 valence electrons. The lowest BCUT2D eigenvalue weighted by molar-refractivity contribution is 0.0650. The highest BCUT2D eigenvalue weighted by Gasteiger charge is 2.20. The lowest BCUT2D eigenvalue weighted by Crippen LogP contribution is -2.13. The number of aromatic carboxylic acids is 2. The molecule has 19 heavy (non-hydrogen) atoms. The van der Waals surface area contributed by atoms with Crippen LogP contribution in [0.4, 0.5) is 0 Å². The van der Waals surface area contributed by atoms with Gasteiger partial charge in [0.15, 0.2) is 0 Å². The average molecular weight is 264 g/mol. The Kier molecular flexibility index (Phi) is 5.55. The molecule has 0 saturated heterocycles. The monoisotopic (exact) mass is 264 g/mol. The molecule has 0 amide bonds. The zero-order valence-corrected chi connectivity index (χ0v) is 11.3. The van der Waals surface area contributed by atoms with Gasteiger partial charge < -0.3 is 10.2 Å². The Morgan fingerprint density at radius 3 is 2.42 bits per heavy atom. The van der Waals surface area contributed by atoms with Crippen LogP contribution in [0.5, 0.6) is 0 Å². The van der Waals surface area contributed by atoms with Gasteiger partial charge in [-0.3, -0.25) is 0 Å². The van der Waals surface area contributed by atoms with Crippen LogP contribution in [0.1, 0.15) is 59.4 Å². The molecular weight excluding hydrogens is 244 g/mol. The van der Waals surface area contributed by atoms with Crippen molar-refractivity contribution in [2.45, 2.75) is 39.5 Å². The molecule has 0 aromatic heterocycles. The number of hydrogen-bond donors (Lipinski definition) is 2. The van der Waals surface area contributed by atoms with Crippen LogP contribution in [0.15, 0.2) is 18.2 Å². The van der Waals surface area contributed by atoms with Gasteiger partial charge in [0.25, 0.3) is 0 Å². The topological polar surface area (TPSA) is 74.6 Å². The maximum Gasteiger partial charge on any atom is 0.336 e. The van der Waals surface area contributed by atoms with E-state index in [4.69, 9.17) is 5.11 Å². The van der Waals surface area contributed by atoms with Crippen molar-refractivity contribution < 1.29 is 19.8 Å². The molecule has 0 fully saturated rings. The molecule has 4 nitrogen and oxygen atoms in total. The molecule has 1 atom stereocenters. The summed E-state index contributed by atoms with van der Waals surface area (Å²) in [4.78, 5) is 22.4. The van der Waals surface area contributed by atoms with Gasteiger partial charge in [0.05, 0.1) is 11.1 Å². The fourth-order valence-electron chi connectivity index (χ4n) is 2.23. The molecule has 0 radical (unpaired) electrons. The van der Waals surface area contributed by atoms with Crippen LogP contribution >= 0.6 is 0 Å². The number of hydrogen-bond acceptors (Lipinski definition) is 2. The van der Waals surface area contributed by atoms with Gasteiger partial charge in [-0.2, -0.15) is 0 Å². The quantitative estimate of drug-likeness (QED) is 0.791. The van der Waals surface area contributed by atoms with E-state index in [0.29, 0.717) is 17.9 Å². The van der Waals surface area contributed by atoms with Crippen molar-refractivity contribution in [3.8, 4) is 0 Å². The van der Waals surface area contributed by atoms with Crippen LogP contribution in [0.2, 0.25) is 0 Å². The van der Waals surface area contributed by atoms with Gasteiger partial charge in [-0.05, 0) is 24.0 Å². The maximum absolute atomic E-state index is 11.3. The third kappa shape index (κ3) is 4.09. The standard InChI is InChI=1S/C15H20O4/c1-3-4-6-10(2)9-11-7-5-8-12(14(16)17)13(11)15(18)19/h5,7-8,10H,3-4,6,9H2,1-2H3,(H,16,17)(H,18,19). The lowest BCUT2D eigenvalue weighted by atomic mass is 9.91. The van der Waals surface area contributed by atoms with E-state index in [9.17, 15) is 14.7 Å². The highest BCUT2D eigenvalue weighted by Crippen LogP contribution is 2.21. The molecule has 2 N–H and O–H groups in total. The second kappa shape index (κ2) is 6.92. The van der Waals surface area contributed by atoms with Gasteiger partial charge in [-0.15, -0.1) is 0 Å². The molecule has 0 bridgehead atoms. The van der Waals surface area contributed by atoms with E-state index in [1.807, 2.05) is 0 Å². The predicted octanol–water partition coefficient (Wildman–Crippen LogP) is 3.45. The van der Waals surface area contributed by atoms with Crippen molar-refractivity contribution in [3.63, 3.8) is 0 Å². The first-order chi connectivity index (χ1) is 8.97. The SMILES string of the molecule is CCCCC(C)Cc1cccc(C(=O)O)c1C(=O)O. The largest absolute Gasteiger partial charge is 0.478 e. The Bertz CT molecular complexity index is 465. The second-order valence-corrected chi connectivity index (χ2v) is 4.90. The van der Waals surface area contributed by atoms with Gasteiger partial charge in [0.2, 0.25) is 0 Å². The smallest absolute Gasteiger partial charge is 0.336 e. The van der Waals surface area contributed by atoms with E-state index in [1.54, 1.807) is 12.1 Å². The van der Waals surface area contributed by atoms with Crippen molar-refractivity contribution in [1.82, 2.24) is 0 Å². The van der Waals surface area contributed by atoms with Crippen LogP contribution < -0.4 is 0 Å². The summed E-state index contributed by atoms with van der Waals surface area (Å²) in [5, 5.41) is 18.3. The average Bonchev–Trinajstić information content (AvgIpc) is 2.35. The Balaban J connectivity index is 3.03. The minimum absolute atomic E-state index is 0.0710. The number of benzene rings is 1. The van der Waals surface area contributed by atoms with Gasteiger partial charge >= 0.3 is 11.9 Å². The summed E-state index contributed by atoms with van der Waals surface area (Å²) in [5.74, 6) is -2.02. The van der Waals surface area contributed by atoms with Crippen LogP contribution in [0.25, 0.3) is 0 Å². The van der Waals surface area contributed by atoms with Gasteiger partial charge in [0.1, 0.15) is 0 Å². The van der Waals surface area contributed by atoms with Crippen molar-refractivity contribution >= 4 is 11.9 Å². The maximum atomic E-state index is 11.3. The molecule has 0 heterocycles. The van der Waals surface area contributed by atoms with E-state index >= 15 is 0 Å². The molecule has 0 aliphatic carbocycles. The van der Waals surface area contributed by atoms with E-state index in [1.165, 1.54) is 6.07 Å². The van der Waals surface area contributed by atoms with E-state index < -0.39 is 11.9 Å². The second-order valence-electron chi connectivity index (χ2n) is 4.90. The molecule has 1 aromatic carbocycles. The van der Waals surface area contributed by atoms with Gasteiger partial charge in [-0.1, -0.05) is 45.2 Å². The van der Waals surface area contributed by atoms with E-state index in [0.717, 1.165) is 19.3 Å². The predicted molar refractivity (Wildman–Crippen MR) is 72.8 cm³/mol. The third-order valence-corrected chi connectivity index (χ3v) is 3.21. The molecule has 0 aliphatic rings. The van der Waals surface area contributed by atoms with E-state index in [2.05, 4.69) is 13.8 Å². The zero-order chi connectivity index (χ0) is 14.4. The van der Waals surface area contributed by atoms with Gasteiger partial charge in [0, 0.05) is 0 Å². The lowest BCUT2D eigenvalue weighted by Gasteiger charge is -2.14. The Morgan fingerprint density at radius 2 is 1.89 bits per heavy atom. The molecule has 0 spiro atoms. The van der Waals surface area contributed by atoms with Crippen LogP contribution in [0, 0.1) is 5.92 Å². The highest BCUT2D eigenvalue weighted by atomic mass is 16.4. The summed E-state index contributed by atoms with van der Waals surface area (Å²) in [6.07, 6.45) is 3.82. The summed E-state index contributed by atoms with van der Waals surface area (Å²) in [6, 6.07) is 4.65. The normalized spacial score (nSPS) is 12.1. The third-order valence-electron chi connectivity index (χ3n) is 3.21. The number of carbonyl (C=O) groups is 2. The molecular formula is C15H20O4. The summed E-state index contributed by atoms with van der Waals surface area (Å²) in [7, 11) is 0. The van der Waals surface area contributed by atoms with Crippen molar-refractivity contribution in [1.29, 1.82) is 0 Å². The summed E-state index contributed by atoms with van der Waals surface area (Å²) in [5.41, 5.74) is 0.405. The molecule has 0 saturated carbocycles. The van der Waals surface area contributed by atoms with Crippen molar-refractivity contribution in [2.24, 2.45) is 5.92 Å². The highest BCUT2D eigenvalue weighted by molar-refractivity contribution is 6.02. The Hall–Kier alpha value is -1.84. The molecule has 1 rings (SSSR count). The van der Waals surface area contributed by atoms with Crippen molar-refractivity contribution in [2.75, 3.05) is 0 Å². The number of unbranched alkanes of at least 4 members (excludes halogenated alkanes) is 1. The summed E-state index contributed by atoms with van der Waals surface area (Å²) in [6.45, 7) is 4.18. The van der Waals surface area contributed by atoms with Crippen LogP contribution in [0.3, 0.4) is 0 Å². The fourth-order valence-corrected chi connectivity index (χ4v) is 2.23.